The molecule has 25 heavy (non-hydrogen) atoms. The molecule has 0 heterocycles. The summed E-state index contributed by atoms with van der Waals surface area (Å²) < 4.78 is 0. The summed E-state index contributed by atoms with van der Waals surface area (Å²) in [6, 6.07) is 25.2. The van der Waals surface area contributed by atoms with Crippen molar-refractivity contribution in [3.05, 3.63) is 106 Å². The van der Waals surface area contributed by atoms with Gasteiger partial charge in [0, 0.05) is 24.2 Å². The zero-order valence-corrected chi connectivity index (χ0v) is 14.8. The second-order valence-corrected chi connectivity index (χ2v) is 6.41. The number of rotatable bonds is 4. The molecule has 0 saturated carbocycles. The van der Waals surface area contributed by atoms with Crippen LogP contribution in [0.25, 0.3) is 0 Å². The van der Waals surface area contributed by atoms with Gasteiger partial charge in [-0.05, 0) is 49.2 Å². The molecule has 0 aromatic heterocycles. The van der Waals surface area contributed by atoms with Crippen molar-refractivity contribution in [1.82, 2.24) is 5.32 Å². The molecular formula is C24H23N. The molecule has 3 aromatic rings. The molecule has 0 bridgehead atoms. The van der Waals surface area contributed by atoms with E-state index in [9.17, 15) is 0 Å². The first kappa shape index (κ1) is 17.0. The normalized spacial score (nSPS) is 10.2. The number of nitrogens with one attached hydrogen (secondary N) is 1. The van der Waals surface area contributed by atoms with E-state index in [4.69, 9.17) is 0 Å². The van der Waals surface area contributed by atoms with Crippen molar-refractivity contribution in [1.29, 1.82) is 0 Å². The third kappa shape index (κ3) is 5.35. The topological polar surface area (TPSA) is 12.0 Å². The standard InChI is InChI=1S/C24H23N/c1-19-14-20(2)16-24(15-19)18-25-17-23-12-10-22(11-13-23)9-8-21-6-4-3-5-7-21/h3-7,10-16,25H,17-18H2,1-2H3. The fourth-order valence-corrected chi connectivity index (χ4v) is 2.89. The maximum absolute atomic E-state index is 3.51. The Kier molecular flexibility index (Phi) is 5.67. The van der Waals surface area contributed by atoms with E-state index >= 15 is 0 Å². The van der Waals surface area contributed by atoms with E-state index in [-0.39, 0.29) is 0 Å². The molecule has 0 aliphatic carbocycles. The van der Waals surface area contributed by atoms with Crippen LogP contribution in [0.4, 0.5) is 0 Å². The highest BCUT2D eigenvalue weighted by molar-refractivity contribution is 5.43. The zero-order valence-electron chi connectivity index (χ0n) is 14.8. The van der Waals surface area contributed by atoms with Crippen molar-refractivity contribution in [2.75, 3.05) is 0 Å². The Morgan fingerprint density at radius 2 is 1.20 bits per heavy atom. The summed E-state index contributed by atoms with van der Waals surface area (Å²) >= 11 is 0. The molecule has 1 heteroatoms. The molecule has 1 N–H and O–H groups in total. The minimum atomic E-state index is 0.860. The second kappa shape index (κ2) is 8.33. The van der Waals surface area contributed by atoms with Crippen LogP contribution in [0.1, 0.15) is 33.4 Å². The molecule has 3 aromatic carbocycles. The average molecular weight is 325 g/mol. The van der Waals surface area contributed by atoms with Crippen LogP contribution in [-0.4, -0.2) is 0 Å². The van der Waals surface area contributed by atoms with Crippen molar-refractivity contribution in [3.63, 3.8) is 0 Å². The van der Waals surface area contributed by atoms with Crippen LogP contribution in [0.2, 0.25) is 0 Å². The van der Waals surface area contributed by atoms with Crippen molar-refractivity contribution in [2.24, 2.45) is 0 Å². The molecular weight excluding hydrogens is 302 g/mol. The fourth-order valence-electron chi connectivity index (χ4n) is 2.89. The Morgan fingerprint density at radius 3 is 1.84 bits per heavy atom. The van der Waals surface area contributed by atoms with Gasteiger partial charge in [0.05, 0.1) is 0 Å². The van der Waals surface area contributed by atoms with Crippen LogP contribution in [-0.2, 0) is 13.1 Å². The average Bonchev–Trinajstić information content (AvgIpc) is 2.61. The minimum Gasteiger partial charge on any atom is -0.309 e. The van der Waals surface area contributed by atoms with Crippen LogP contribution in [0, 0.1) is 25.7 Å². The summed E-state index contributed by atoms with van der Waals surface area (Å²) in [6.45, 7) is 6.04. The first-order valence-corrected chi connectivity index (χ1v) is 8.63. The Morgan fingerprint density at radius 1 is 0.640 bits per heavy atom. The van der Waals surface area contributed by atoms with Gasteiger partial charge in [-0.1, -0.05) is 71.5 Å². The molecule has 0 radical (unpaired) electrons. The first-order valence-electron chi connectivity index (χ1n) is 8.63. The number of benzene rings is 3. The van der Waals surface area contributed by atoms with Crippen LogP contribution in [0.5, 0.6) is 0 Å². The summed E-state index contributed by atoms with van der Waals surface area (Å²) in [5, 5.41) is 3.51. The minimum absolute atomic E-state index is 0.860. The monoisotopic (exact) mass is 325 g/mol. The SMILES string of the molecule is Cc1cc(C)cc(CNCc2ccc(C#Cc3ccccc3)cc2)c1. The molecule has 0 aliphatic rings. The van der Waals surface area contributed by atoms with E-state index in [0.717, 1.165) is 24.2 Å². The zero-order chi connectivity index (χ0) is 17.5. The maximum atomic E-state index is 3.51. The highest BCUT2D eigenvalue weighted by atomic mass is 14.8. The molecule has 3 rings (SSSR count). The van der Waals surface area contributed by atoms with Gasteiger partial charge in [-0.15, -0.1) is 0 Å². The Hall–Kier alpha value is -2.82. The third-order valence-corrected chi connectivity index (χ3v) is 4.02. The van der Waals surface area contributed by atoms with Gasteiger partial charge in [-0.2, -0.15) is 0 Å². The van der Waals surface area contributed by atoms with Gasteiger partial charge in [0.2, 0.25) is 0 Å². The van der Waals surface area contributed by atoms with E-state index in [1.807, 2.05) is 30.3 Å². The van der Waals surface area contributed by atoms with Crippen LogP contribution in [0.3, 0.4) is 0 Å². The summed E-state index contributed by atoms with van der Waals surface area (Å²) in [6.07, 6.45) is 0. The Bertz CT molecular complexity index is 861. The van der Waals surface area contributed by atoms with Gasteiger partial charge >= 0.3 is 0 Å². The molecule has 0 saturated heterocycles. The van der Waals surface area contributed by atoms with Gasteiger partial charge in [0.15, 0.2) is 0 Å². The lowest BCUT2D eigenvalue weighted by molar-refractivity contribution is 0.692. The molecule has 0 spiro atoms. The molecule has 1 nitrogen and oxygen atoms in total. The lowest BCUT2D eigenvalue weighted by Crippen LogP contribution is -2.12. The van der Waals surface area contributed by atoms with Gasteiger partial charge < -0.3 is 5.32 Å². The predicted molar refractivity (Wildman–Crippen MR) is 105 cm³/mol. The summed E-state index contributed by atoms with van der Waals surface area (Å²) in [7, 11) is 0. The van der Waals surface area contributed by atoms with E-state index in [2.05, 4.69) is 73.5 Å². The number of hydrogen-bond acceptors (Lipinski definition) is 1. The van der Waals surface area contributed by atoms with Gasteiger partial charge in [0.1, 0.15) is 0 Å². The molecule has 124 valence electrons. The summed E-state index contributed by atoms with van der Waals surface area (Å²) in [5.74, 6) is 6.40. The van der Waals surface area contributed by atoms with E-state index in [1.54, 1.807) is 0 Å². The quantitative estimate of drug-likeness (QED) is 0.666. The number of hydrogen-bond donors (Lipinski definition) is 1. The predicted octanol–water partition coefficient (Wildman–Crippen LogP) is 4.99. The second-order valence-electron chi connectivity index (χ2n) is 6.41. The Labute approximate surface area is 150 Å². The summed E-state index contributed by atoms with van der Waals surface area (Å²) in [5.41, 5.74) is 7.33. The van der Waals surface area contributed by atoms with Crippen LogP contribution in [0.15, 0.2) is 72.8 Å². The Balaban J connectivity index is 1.55. The number of aryl methyl sites for hydroxylation is 2. The van der Waals surface area contributed by atoms with E-state index in [0.29, 0.717) is 0 Å². The lowest BCUT2D eigenvalue weighted by atomic mass is 10.1. The van der Waals surface area contributed by atoms with Crippen LogP contribution >= 0.6 is 0 Å². The third-order valence-electron chi connectivity index (χ3n) is 4.02. The van der Waals surface area contributed by atoms with Crippen molar-refractivity contribution >= 4 is 0 Å². The van der Waals surface area contributed by atoms with Gasteiger partial charge in [-0.3, -0.25) is 0 Å². The summed E-state index contributed by atoms with van der Waals surface area (Å²) in [4.78, 5) is 0. The molecule has 0 fully saturated rings. The molecule has 0 aliphatic heterocycles. The van der Waals surface area contributed by atoms with Gasteiger partial charge in [0.25, 0.3) is 0 Å². The van der Waals surface area contributed by atoms with Crippen molar-refractivity contribution in [3.8, 4) is 11.8 Å². The van der Waals surface area contributed by atoms with E-state index < -0.39 is 0 Å². The fraction of sp³-hybridized carbons (Fsp3) is 0.167. The largest absolute Gasteiger partial charge is 0.309 e. The first-order chi connectivity index (χ1) is 12.2. The smallest absolute Gasteiger partial charge is 0.0249 e. The van der Waals surface area contributed by atoms with Gasteiger partial charge in [-0.25, -0.2) is 0 Å². The molecule has 0 unspecified atom stereocenters. The highest BCUT2D eigenvalue weighted by Gasteiger charge is 1.97. The van der Waals surface area contributed by atoms with Crippen molar-refractivity contribution in [2.45, 2.75) is 26.9 Å². The van der Waals surface area contributed by atoms with Crippen molar-refractivity contribution < 1.29 is 0 Å². The van der Waals surface area contributed by atoms with E-state index in [1.165, 1.54) is 22.3 Å². The highest BCUT2D eigenvalue weighted by Crippen LogP contribution is 2.09. The molecule has 0 amide bonds. The maximum Gasteiger partial charge on any atom is 0.0249 e. The van der Waals surface area contributed by atoms with Crippen LogP contribution < -0.4 is 5.32 Å². The molecule has 0 atom stereocenters. The lowest BCUT2D eigenvalue weighted by Gasteiger charge is -2.07.